The highest BCUT2D eigenvalue weighted by atomic mass is 16.6. The SMILES string of the molecule is CC(C)OC(=O)NCC1(CC(=O)Oc2cccc(C3(O)CCCCC3C)c2)CCCCC1.CN(C)C. The van der Waals surface area contributed by atoms with E-state index in [1.165, 1.54) is 0 Å². The Balaban J connectivity index is 0.00000106. The number of carbonyl (C=O) groups excluding carboxylic acids is 2. The Morgan fingerprint density at radius 1 is 1.08 bits per heavy atom. The minimum absolute atomic E-state index is 0.171. The molecular formula is C29H48N2O5. The Labute approximate surface area is 217 Å². The number of carbonyl (C=O) groups is 2. The van der Waals surface area contributed by atoms with Crippen molar-refractivity contribution >= 4 is 12.1 Å². The molecule has 7 heteroatoms. The molecular weight excluding hydrogens is 456 g/mol. The standard InChI is InChI=1S/C26H39NO5.C3H9N/c1-19(2)31-24(29)27-18-25(13-6-4-7-14-25)17-23(28)32-22-12-9-11-21(16-22)26(30)15-8-5-10-20(26)3;1-4(2)3/h9,11-12,16,19-20,30H,4-8,10,13-15,17-18H2,1-3H3,(H,27,29);1-3H3. The molecule has 36 heavy (non-hydrogen) atoms. The predicted octanol–water partition coefficient (Wildman–Crippen LogP) is 5.64. The summed E-state index contributed by atoms with van der Waals surface area (Å²) in [6.45, 7) is 6.12. The quantitative estimate of drug-likeness (QED) is 0.369. The average Bonchev–Trinajstić information content (AvgIpc) is 2.80. The van der Waals surface area contributed by atoms with Crippen LogP contribution in [0.25, 0.3) is 0 Å². The minimum Gasteiger partial charge on any atom is -0.447 e. The van der Waals surface area contributed by atoms with Crippen LogP contribution in [0, 0.1) is 11.3 Å². The molecule has 2 fully saturated rings. The highest BCUT2D eigenvalue weighted by Crippen LogP contribution is 2.43. The van der Waals surface area contributed by atoms with Gasteiger partial charge < -0.3 is 24.8 Å². The number of aliphatic hydroxyl groups is 1. The zero-order valence-corrected chi connectivity index (χ0v) is 23.3. The lowest BCUT2D eigenvalue weighted by molar-refractivity contribution is -0.137. The maximum absolute atomic E-state index is 12.9. The predicted molar refractivity (Wildman–Crippen MR) is 143 cm³/mol. The number of ether oxygens (including phenoxy) is 2. The van der Waals surface area contributed by atoms with Crippen LogP contribution in [0.1, 0.15) is 90.5 Å². The number of alkyl carbamates (subject to hydrolysis) is 1. The van der Waals surface area contributed by atoms with Gasteiger partial charge in [0.1, 0.15) is 5.75 Å². The molecule has 2 saturated carbocycles. The first-order valence-electron chi connectivity index (χ1n) is 13.5. The molecule has 2 N–H and O–H groups in total. The van der Waals surface area contributed by atoms with E-state index in [4.69, 9.17) is 9.47 Å². The topological polar surface area (TPSA) is 88.1 Å². The molecule has 7 nitrogen and oxygen atoms in total. The zero-order chi connectivity index (χ0) is 26.8. The second kappa shape index (κ2) is 14.0. The van der Waals surface area contributed by atoms with E-state index in [9.17, 15) is 14.7 Å². The Morgan fingerprint density at radius 3 is 2.33 bits per heavy atom. The van der Waals surface area contributed by atoms with Gasteiger partial charge in [-0.3, -0.25) is 4.79 Å². The van der Waals surface area contributed by atoms with Gasteiger partial charge in [0.15, 0.2) is 0 Å². The van der Waals surface area contributed by atoms with Crippen molar-refractivity contribution in [3.63, 3.8) is 0 Å². The van der Waals surface area contributed by atoms with E-state index in [1.54, 1.807) is 6.07 Å². The highest BCUT2D eigenvalue weighted by molar-refractivity contribution is 5.73. The van der Waals surface area contributed by atoms with Gasteiger partial charge in [-0.2, -0.15) is 0 Å². The van der Waals surface area contributed by atoms with Crippen LogP contribution in [0.2, 0.25) is 0 Å². The number of esters is 1. The van der Waals surface area contributed by atoms with Crippen LogP contribution in [0.4, 0.5) is 4.79 Å². The number of hydrogen-bond acceptors (Lipinski definition) is 6. The molecule has 1 aromatic carbocycles. The molecule has 0 aliphatic heterocycles. The van der Waals surface area contributed by atoms with Crippen molar-refractivity contribution in [2.24, 2.45) is 11.3 Å². The molecule has 0 aromatic heterocycles. The van der Waals surface area contributed by atoms with Gasteiger partial charge in [0.05, 0.1) is 18.1 Å². The van der Waals surface area contributed by atoms with Crippen LogP contribution in [0.3, 0.4) is 0 Å². The zero-order valence-electron chi connectivity index (χ0n) is 23.3. The monoisotopic (exact) mass is 504 g/mol. The van der Waals surface area contributed by atoms with Gasteiger partial charge in [0.2, 0.25) is 0 Å². The fraction of sp³-hybridized carbons (Fsp3) is 0.724. The molecule has 0 bridgehead atoms. The Kier molecular flexibility index (Phi) is 11.7. The number of benzene rings is 1. The van der Waals surface area contributed by atoms with Gasteiger partial charge >= 0.3 is 12.1 Å². The molecule has 0 spiro atoms. The second-order valence-corrected chi connectivity index (χ2v) is 11.5. The summed E-state index contributed by atoms with van der Waals surface area (Å²) in [5, 5.41) is 14.1. The summed E-state index contributed by atoms with van der Waals surface area (Å²) in [5.41, 5.74) is -0.356. The van der Waals surface area contributed by atoms with Crippen molar-refractivity contribution in [2.45, 2.75) is 96.7 Å². The molecule has 0 radical (unpaired) electrons. The summed E-state index contributed by atoms with van der Waals surface area (Å²) in [7, 11) is 6.00. The van der Waals surface area contributed by atoms with Crippen LogP contribution < -0.4 is 10.1 Å². The van der Waals surface area contributed by atoms with E-state index in [1.807, 2.05) is 58.1 Å². The van der Waals surface area contributed by atoms with Crippen molar-refractivity contribution < 1.29 is 24.2 Å². The third-order valence-corrected chi connectivity index (χ3v) is 7.21. The van der Waals surface area contributed by atoms with Crippen molar-refractivity contribution in [1.29, 1.82) is 0 Å². The van der Waals surface area contributed by atoms with Gasteiger partial charge in [-0.05, 0) is 89.7 Å². The first kappa shape index (κ1) is 30.1. The molecule has 1 aromatic rings. The van der Waals surface area contributed by atoms with E-state index in [-0.39, 0.29) is 29.8 Å². The Bertz CT molecular complexity index is 832. The molecule has 2 aliphatic rings. The molecule has 1 amide bonds. The molecule has 2 aliphatic carbocycles. The minimum atomic E-state index is -0.869. The van der Waals surface area contributed by atoms with Crippen molar-refractivity contribution in [2.75, 3.05) is 27.7 Å². The fourth-order valence-corrected chi connectivity index (χ4v) is 5.29. The van der Waals surface area contributed by atoms with E-state index in [2.05, 4.69) is 12.2 Å². The summed E-state index contributed by atoms with van der Waals surface area (Å²) in [5.74, 6) is 0.341. The summed E-state index contributed by atoms with van der Waals surface area (Å²) >= 11 is 0. The van der Waals surface area contributed by atoms with Crippen molar-refractivity contribution in [1.82, 2.24) is 10.2 Å². The van der Waals surface area contributed by atoms with Gasteiger partial charge in [0, 0.05) is 6.54 Å². The first-order chi connectivity index (χ1) is 17.0. The van der Waals surface area contributed by atoms with Crippen LogP contribution in [0.5, 0.6) is 5.75 Å². The van der Waals surface area contributed by atoms with Crippen molar-refractivity contribution in [3.8, 4) is 5.75 Å². The van der Waals surface area contributed by atoms with E-state index < -0.39 is 11.7 Å². The average molecular weight is 505 g/mol. The van der Waals surface area contributed by atoms with Crippen LogP contribution >= 0.6 is 0 Å². The molecule has 0 heterocycles. The molecule has 2 atom stereocenters. The lowest BCUT2D eigenvalue weighted by Gasteiger charge is -2.38. The van der Waals surface area contributed by atoms with E-state index in [0.717, 1.165) is 63.4 Å². The number of nitrogens with zero attached hydrogens (tertiary/aromatic N) is 1. The lowest BCUT2D eigenvalue weighted by Crippen LogP contribution is -2.41. The largest absolute Gasteiger partial charge is 0.447 e. The maximum Gasteiger partial charge on any atom is 0.407 e. The van der Waals surface area contributed by atoms with E-state index >= 15 is 0 Å². The molecule has 0 saturated heterocycles. The highest BCUT2D eigenvalue weighted by Gasteiger charge is 2.38. The summed E-state index contributed by atoms with van der Waals surface area (Å²) in [6.07, 6.45) is 8.45. The molecule has 3 rings (SSSR count). The number of hydrogen-bond donors (Lipinski definition) is 2. The Morgan fingerprint density at radius 2 is 1.72 bits per heavy atom. The van der Waals surface area contributed by atoms with Crippen LogP contribution in [-0.4, -0.2) is 55.9 Å². The van der Waals surface area contributed by atoms with Gasteiger partial charge in [-0.1, -0.05) is 51.2 Å². The van der Waals surface area contributed by atoms with Crippen molar-refractivity contribution in [3.05, 3.63) is 29.8 Å². The van der Waals surface area contributed by atoms with E-state index in [0.29, 0.717) is 12.3 Å². The smallest absolute Gasteiger partial charge is 0.407 e. The number of rotatable bonds is 7. The molecule has 204 valence electrons. The summed E-state index contributed by atoms with van der Waals surface area (Å²) in [4.78, 5) is 26.9. The normalized spacial score (nSPS) is 23.4. The molecule has 2 unspecified atom stereocenters. The first-order valence-corrected chi connectivity index (χ1v) is 13.5. The second-order valence-electron chi connectivity index (χ2n) is 11.5. The van der Waals surface area contributed by atoms with Gasteiger partial charge in [-0.25, -0.2) is 4.79 Å². The lowest BCUT2D eigenvalue weighted by atomic mass is 9.71. The summed E-state index contributed by atoms with van der Waals surface area (Å²) in [6, 6.07) is 7.35. The number of amides is 1. The Hall–Kier alpha value is -2.12. The third kappa shape index (κ3) is 9.40. The number of nitrogens with one attached hydrogen (secondary N) is 1. The van der Waals surface area contributed by atoms with Gasteiger partial charge in [-0.15, -0.1) is 0 Å². The third-order valence-electron chi connectivity index (χ3n) is 7.21. The van der Waals surface area contributed by atoms with Crippen LogP contribution in [0.15, 0.2) is 24.3 Å². The van der Waals surface area contributed by atoms with Gasteiger partial charge in [0.25, 0.3) is 0 Å². The van der Waals surface area contributed by atoms with Crippen LogP contribution in [-0.2, 0) is 15.1 Å². The fourth-order valence-electron chi connectivity index (χ4n) is 5.29. The summed E-state index contributed by atoms with van der Waals surface area (Å²) < 4.78 is 10.9. The maximum atomic E-state index is 12.9.